The molecule has 0 aromatic heterocycles. The van der Waals surface area contributed by atoms with Gasteiger partial charge in [-0.1, -0.05) is 30.3 Å². The van der Waals surface area contributed by atoms with Crippen LogP contribution in [0.25, 0.3) is 0 Å². The lowest BCUT2D eigenvalue weighted by Gasteiger charge is -2.25. The molecule has 156 valence electrons. The van der Waals surface area contributed by atoms with Crippen molar-refractivity contribution in [2.45, 2.75) is 19.4 Å². The number of likely N-dealkylation sites (tertiary alicyclic amines) is 1. The van der Waals surface area contributed by atoms with Crippen LogP contribution in [-0.4, -0.2) is 41.7 Å². The van der Waals surface area contributed by atoms with Crippen molar-refractivity contribution < 1.29 is 23.9 Å². The summed E-state index contributed by atoms with van der Waals surface area (Å²) in [7, 11) is 0. The first kappa shape index (κ1) is 21.0. The SMILES string of the molecule is C[C@H](c1ccccc1)N1C[C@H](C(=O)OCC(=O)Nc2ccc(C(N)=O)cc2)CC1=O. The Balaban J connectivity index is 1.49. The fraction of sp³-hybridized carbons (Fsp3) is 0.273. The summed E-state index contributed by atoms with van der Waals surface area (Å²) in [5, 5.41) is 2.57. The largest absolute Gasteiger partial charge is 0.455 e. The van der Waals surface area contributed by atoms with Gasteiger partial charge in [0.1, 0.15) is 0 Å². The predicted octanol–water partition coefficient (Wildman–Crippen LogP) is 1.88. The number of primary amides is 1. The first-order valence-corrected chi connectivity index (χ1v) is 9.56. The molecule has 0 unspecified atom stereocenters. The maximum atomic E-state index is 12.4. The lowest BCUT2D eigenvalue weighted by Crippen LogP contribution is -2.30. The summed E-state index contributed by atoms with van der Waals surface area (Å²) in [6.45, 7) is 1.71. The minimum atomic E-state index is -0.605. The van der Waals surface area contributed by atoms with Gasteiger partial charge in [0.05, 0.1) is 12.0 Å². The number of anilines is 1. The van der Waals surface area contributed by atoms with Crippen molar-refractivity contribution in [3.63, 3.8) is 0 Å². The third-order valence-electron chi connectivity index (χ3n) is 5.04. The van der Waals surface area contributed by atoms with Crippen LogP contribution in [0.15, 0.2) is 54.6 Å². The van der Waals surface area contributed by atoms with E-state index in [0.29, 0.717) is 11.3 Å². The molecular formula is C22H23N3O5. The summed E-state index contributed by atoms with van der Waals surface area (Å²) in [5.41, 5.74) is 6.92. The van der Waals surface area contributed by atoms with Crippen LogP contribution >= 0.6 is 0 Å². The predicted molar refractivity (Wildman–Crippen MR) is 109 cm³/mol. The number of carbonyl (C=O) groups excluding carboxylic acids is 4. The van der Waals surface area contributed by atoms with Crippen LogP contribution in [0.4, 0.5) is 5.69 Å². The van der Waals surface area contributed by atoms with Crippen molar-refractivity contribution in [3.8, 4) is 0 Å². The quantitative estimate of drug-likeness (QED) is 0.677. The normalized spacial score (nSPS) is 16.8. The maximum absolute atomic E-state index is 12.4. The summed E-state index contributed by atoms with van der Waals surface area (Å²) in [6.07, 6.45) is 0.0617. The number of rotatable bonds is 7. The Morgan fingerprint density at radius 3 is 2.43 bits per heavy atom. The molecule has 3 amide bonds. The maximum Gasteiger partial charge on any atom is 0.311 e. The molecule has 8 nitrogen and oxygen atoms in total. The topological polar surface area (TPSA) is 119 Å². The molecule has 0 saturated carbocycles. The molecular weight excluding hydrogens is 386 g/mol. The van der Waals surface area contributed by atoms with Crippen molar-refractivity contribution in [2.24, 2.45) is 11.7 Å². The molecule has 2 aromatic carbocycles. The molecule has 2 atom stereocenters. The Morgan fingerprint density at radius 1 is 1.13 bits per heavy atom. The molecule has 1 aliphatic rings. The van der Waals surface area contributed by atoms with E-state index in [9.17, 15) is 19.2 Å². The molecule has 0 aliphatic carbocycles. The summed E-state index contributed by atoms with van der Waals surface area (Å²) < 4.78 is 5.10. The van der Waals surface area contributed by atoms with Gasteiger partial charge in [0.2, 0.25) is 11.8 Å². The molecule has 3 N–H and O–H groups in total. The molecule has 1 fully saturated rings. The molecule has 1 saturated heterocycles. The zero-order valence-electron chi connectivity index (χ0n) is 16.5. The van der Waals surface area contributed by atoms with Crippen molar-refractivity contribution in [2.75, 3.05) is 18.5 Å². The van der Waals surface area contributed by atoms with E-state index in [1.165, 1.54) is 24.3 Å². The van der Waals surface area contributed by atoms with E-state index in [4.69, 9.17) is 10.5 Å². The van der Waals surface area contributed by atoms with E-state index in [-0.39, 0.29) is 24.9 Å². The number of hydrogen-bond acceptors (Lipinski definition) is 5. The first-order chi connectivity index (χ1) is 14.3. The first-order valence-electron chi connectivity index (χ1n) is 9.56. The van der Waals surface area contributed by atoms with E-state index in [0.717, 1.165) is 5.56 Å². The Kier molecular flexibility index (Phi) is 6.46. The number of nitrogens with one attached hydrogen (secondary N) is 1. The van der Waals surface area contributed by atoms with Crippen LogP contribution < -0.4 is 11.1 Å². The highest BCUT2D eigenvalue weighted by molar-refractivity contribution is 5.96. The second-order valence-electron chi connectivity index (χ2n) is 7.13. The average molecular weight is 409 g/mol. The fourth-order valence-electron chi connectivity index (χ4n) is 3.34. The Bertz CT molecular complexity index is 943. The number of nitrogens with zero attached hydrogens (tertiary/aromatic N) is 1. The third-order valence-corrected chi connectivity index (χ3v) is 5.04. The Hall–Kier alpha value is -3.68. The summed E-state index contributed by atoms with van der Waals surface area (Å²) in [6, 6.07) is 15.4. The monoisotopic (exact) mass is 409 g/mol. The van der Waals surface area contributed by atoms with E-state index in [1.54, 1.807) is 4.90 Å². The van der Waals surface area contributed by atoms with Gasteiger partial charge in [-0.3, -0.25) is 19.2 Å². The fourth-order valence-corrected chi connectivity index (χ4v) is 3.34. The highest BCUT2D eigenvalue weighted by Gasteiger charge is 2.38. The molecule has 0 radical (unpaired) electrons. The van der Waals surface area contributed by atoms with Gasteiger partial charge in [0.15, 0.2) is 6.61 Å². The van der Waals surface area contributed by atoms with Crippen molar-refractivity contribution >= 4 is 29.4 Å². The van der Waals surface area contributed by atoms with Gasteiger partial charge in [-0.05, 0) is 36.8 Å². The number of amides is 3. The highest BCUT2D eigenvalue weighted by atomic mass is 16.5. The number of nitrogens with two attached hydrogens (primary N) is 1. The van der Waals surface area contributed by atoms with Crippen molar-refractivity contribution in [1.82, 2.24) is 4.90 Å². The van der Waals surface area contributed by atoms with Crippen LogP contribution in [0.5, 0.6) is 0 Å². The van der Waals surface area contributed by atoms with Crippen LogP contribution in [0.2, 0.25) is 0 Å². The number of esters is 1. The Morgan fingerprint density at radius 2 is 1.80 bits per heavy atom. The lowest BCUT2D eigenvalue weighted by atomic mass is 10.1. The van der Waals surface area contributed by atoms with Crippen LogP contribution in [0.3, 0.4) is 0 Å². The number of hydrogen-bond donors (Lipinski definition) is 2. The van der Waals surface area contributed by atoms with Gasteiger partial charge >= 0.3 is 5.97 Å². The molecule has 1 heterocycles. The summed E-state index contributed by atoms with van der Waals surface area (Å²) >= 11 is 0. The van der Waals surface area contributed by atoms with Gasteiger partial charge in [-0.25, -0.2) is 0 Å². The third kappa shape index (κ3) is 5.02. The van der Waals surface area contributed by atoms with E-state index in [1.807, 2.05) is 37.3 Å². The average Bonchev–Trinajstić information content (AvgIpc) is 3.14. The minimum Gasteiger partial charge on any atom is -0.455 e. The minimum absolute atomic E-state index is 0.0617. The molecule has 0 spiro atoms. The molecule has 3 rings (SSSR count). The van der Waals surface area contributed by atoms with Crippen LogP contribution in [0, 0.1) is 5.92 Å². The summed E-state index contributed by atoms with van der Waals surface area (Å²) in [5.74, 6) is -2.39. The van der Waals surface area contributed by atoms with Gasteiger partial charge in [0.25, 0.3) is 5.91 Å². The standard InChI is InChI=1S/C22H23N3O5/c1-14(15-5-3-2-4-6-15)25-12-17(11-20(25)27)22(29)30-13-19(26)24-18-9-7-16(8-10-18)21(23)28/h2-10,14,17H,11-13H2,1H3,(H2,23,28)(H,24,26)/t14-,17-/m1/s1. The molecule has 0 bridgehead atoms. The van der Waals surface area contributed by atoms with Gasteiger partial charge in [0, 0.05) is 24.2 Å². The second-order valence-corrected chi connectivity index (χ2v) is 7.13. The molecule has 2 aromatic rings. The van der Waals surface area contributed by atoms with Gasteiger partial charge in [-0.2, -0.15) is 0 Å². The Labute approximate surface area is 174 Å². The zero-order chi connectivity index (χ0) is 21.7. The van der Waals surface area contributed by atoms with Crippen LogP contribution in [-0.2, 0) is 19.1 Å². The number of ether oxygens (including phenoxy) is 1. The number of carbonyl (C=O) groups is 4. The molecule has 1 aliphatic heterocycles. The van der Waals surface area contributed by atoms with Crippen molar-refractivity contribution in [1.29, 1.82) is 0 Å². The number of benzene rings is 2. The van der Waals surface area contributed by atoms with Gasteiger partial charge < -0.3 is 20.7 Å². The molecule has 30 heavy (non-hydrogen) atoms. The van der Waals surface area contributed by atoms with Crippen LogP contribution in [0.1, 0.15) is 35.3 Å². The highest BCUT2D eigenvalue weighted by Crippen LogP contribution is 2.29. The van der Waals surface area contributed by atoms with Crippen molar-refractivity contribution in [3.05, 3.63) is 65.7 Å². The van der Waals surface area contributed by atoms with E-state index >= 15 is 0 Å². The van der Waals surface area contributed by atoms with Gasteiger partial charge in [-0.15, -0.1) is 0 Å². The smallest absolute Gasteiger partial charge is 0.311 e. The van der Waals surface area contributed by atoms with E-state index < -0.39 is 30.3 Å². The van der Waals surface area contributed by atoms with E-state index in [2.05, 4.69) is 5.32 Å². The lowest BCUT2D eigenvalue weighted by molar-refractivity contribution is -0.151. The summed E-state index contributed by atoms with van der Waals surface area (Å²) in [4.78, 5) is 49.4. The zero-order valence-corrected chi connectivity index (χ0v) is 16.5. The molecule has 8 heteroatoms. The second kappa shape index (κ2) is 9.21.